The second-order valence-electron chi connectivity index (χ2n) is 4.21. The number of carbonyl (C=O) groups excluding carboxylic acids is 1. The van der Waals surface area contributed by atoms with Gasteiger partial charge in [0.15, 0.2) is 0 Å². The fourth-order valence-electron chi connectivity index (χ4n) is 1.66. The van der Waals surface area contributed by atoms with Crippen LogP contribution in [0.2, 0.25) is 0 Å². The number of carboxylic acid groups (broad SMARTS) is 1. The highest BCUT2D eigenvalue weighted by atomic mass is 19.4. The van der Waals surface area contributed by atoms with E-state index in [4.69, 9.17) is 5.11 Å². The number of alkyl halides is 3. The van der Waals surface area contributed by atoms with Gasteiger partial charge in [-0.25, -0.2) is 0 Å². The number of aliphatic carboxylic acids is 1. The SMILES string of the molecule is CC(CC(=O)O)(NC(=O)C(F)(F)F)C1CC1. The Labute approximate surface area is 89.8 Å². The van der Waals surface area contributed by atoms with Crippen molar-refractivity contribution in [1.29, 1.82) is 0 Å². The molecule has 7 heteroatoms. The van der Waals surface area contributed by atoms with E-state index in [1.807, 2.05) is 0 Å². The Kier molecular flexibility index (Phi) is 3.16. The van der Waals surface area contributed by atoms with E-state index in [0.717, 1.165) is 0 Å². The third kappa shape index (κ3) is 3.11. The van der Waals surface area contributed by atoms with Gasteiger partial charge in [0, 0.05) is 0 Å². The zero-order valence-electron chi connectivity index (χ0n) is 8.60. The zero-order valence-corrected chi connectivity index (χ0v) is 8.60. The molecule has 2 N–H and O–H groups in total. The summed E-state index contributed by atoms with van der Waals surface area (Å²) in [4.78, 5) is 21.3. The second kappa shape index (κ2) is 3.95. The van der Waals surface area contributed by atoms with Crippen molar-refractivity contribution in [2.45, 2.75) is 37.9 Å². The van der Waals surface area contributed by atoms with E-state index >= 15 is 0 Å². The van der Waals surface area contributed by atoms with Crippen LogP contribution >= 0.6 is 0 Å². The van der Waals surface area contributed by atoms with Crippen LogP contribution in [0.5, 0.6) is 0 Å². The lowest BCUT2D eigenvalue weighted by Gasteiger charge is -2.29. The number of amides is 1. The summed E-state index contributed by atoms with van der Waals surface area (Å²) in [5, 5.41) is 10.4. The van der Waals surface area contributed by atoms with Crippen LogP contribution in [0.25, 0.3) is 0 Å². The summed E-state index contributed by atoms with van der Waals surface area (Å²) in [6, 6.07) is 0. The first-order valence-electron chi connectivity index (χ1n) is 4.76. The fraction of sp³-hybridized carbons (Fsp3) is 0.778. The highest BCUT2D eigenvalue weighted by molar-refractivity contribution is 5.83. The van der Waals surface area contributed by atoms with Crippen molar-refractivity contribution in [3.8, 4) is 0 Å². The summed E-state index contributed by atoms with van der Waals surface area (Å²) < 4.78 is 36.1. The van der Waals surface area contributed by atoms with Crippen molar-refractivity contribution in [2.24, 2.45) is 5.92 Å². The molecule has 0 bridgehead atoms. The number of rotatable bonds is 4. The predicted molar refractivity (Wildman–Crippen MR) is 47.6 cm³/mol. The lowest BCUT2D eigenvalue weighted by molar-refractivity contribution is -0.176. The van der Waals surface area contributed by atoms with Crippen LogP contribution in [-0.4, -0.2) is 28.7 Å². The van der Waals surface area contributed by atoms with Gasteiger partial charge in [0.1, 0.15) is 0 Å². The Bertz CT molecular complexity index is 312. The van der Waals surface area contributed by atoms with E-state index in [9.17, 15) is 22.8 Å². The van der Waals surface area contributed by atoms with Crippen molar-refractivity contribution < 1.29 is 27.9 Å². The van der Waals surface area contributed by atoms with Crippen LogP contribution in [-0.2, 0) is 9.59 Å². The molecular weight excluding hydrogens is 227 g/mol. The van der Waals surface area contributed by atoms with Gasteiger partial charge in [0.05, 0.1) is 12.0 Å². The van der Waals surface area contributed by atoms with Gasteiger partial charge in [0.2, 0.25) is 0 Å². The average molecular weight is 239 g/mol. The summed E-state index contributed by atoms with van der Waals surface area (Å²) in [6.07, 6.45) is -4.20. The molecule has 1 saturated carbocycles. The van der Waals surface area contributed by atoms with Gasteiger partial charge in [0.25, 0.3) is 0 Å². The molecule has 4 nitrogen and oxygen atoms in total. The molecule has 0 spiro atoms. The third-order valence-corrected chi connectivity index (χ3v) is 2.65. The Morgan fingerprint density at radius 1 is 1.38 bits per heavy atom. The number of nitrogens with one attached hydrogen (secondary N) is 1. The van der Waals surface area contributed by atoms with Crippen molar-refractivity contribution in [1.82, 2.24) is 5.32 Å². The number of carbonyl (C=O) groups is 2. The second-order valence-corrected chi connectivity index (χ2v) is 4.21. The van der Waals surface area contributed by atoms with Gasteiger partial charge in [-0.3, -0.25) is 9.59 Å². The van der Waals surface area contributed by atoms with Gasteiger partial charge < -0.3 is 10.4 Å². The minimum absolute atomic E-state index is 0.185. The van der Waals surface area contributed by atoms with Crippen molar-refractivity contribution in [2.75, 3.05) is 0 Å². The molecule has 16 heavy (non-hydrogen) atoms. The molecule has 1 unspecified atom stereocenters. The van der Waals surface area contributed by atoms with Gasteiger partial charge in [-0.15, -0.1) is 0 Å². The third-order valence-electron chi connectivity index (χ3n) is 2.65. The molecule has 0 aliphatic heterocycles. The largest absolute Gasteiger partial charge is 0.481 e. The van der Waals surface area contributed by atoms with Crippen LogP contribution in [0.15, 0.2) is 0 Å². The molecule has 0 aromatic heterocycles. The molecule has 0 heterocycles. The molecule has 0 aromatic carbocycles. The first kappa shape index (κ1) is 12.8. The molecule has 1 aliphatic carbocycles. The Balaban J connectivity index is 2.71. The molecule has 1 aliphatic rings. The Hall–Kier alpha value is -1.27. The molecular formula is C9H12F3NO3. The first-order chi connectivity index (χ1) is 7.15. The van der Waals surface area contributed by atoms with Crippen LogP contribution in [0.4, 0.5) is 13.2 Å². The standard InChI is InChI=1S/C9H12F3NO3/c1-8(4-6(14)15,5-2-3-5)13-7(16)9(10,11)12/h5H,2-4H2,1H3,(H,13,16)(H,14,15). The van der Waals surface area contributed by atoms with Crippen LogP contribution < -0.4 is 5.32 Å². The molecule has 1 atom stereocenters. The summed E-state index contributed by atoms with van der Waals surface area (Å²) in [5.74, 6) is -3.49. The van der Waals surface area contributed by atoms with Gasteiger partial charge in [-0.1, -0.05) is 0 Å². The van der Waals surface area contributed by atoms with E-state index in [1.165, 1.54) is 6.92 Å². The summed E-state index contributed by atoms with van der Waals surface area (Å²) in [5.41, 5.74) is -1.31. The average Bonchev–Trinajstić information content (AvgIpc) is 2.81. The van der Waals surface area contributed by atoms with E-state index in [-0.39, 0.29) is 5.92 Å². The fourth-order valence-corrected chi connectivity index (χ4v) is 1.66. The summed E-state index contributed by atoms with van der Waals surface area (Å²) in [6.45, 7) is 1.34. The monoisotopic (exact) mass is 239 g/mol. The highest BCUT2D eigenvalue weighted by Crippen LogP contribution is 2.41. The molecule has 0 aromatic rings. The first-order valence-corrected chi connectivity index (χ1v) is 4.76. The van der Waals surface area contributed by atoms with Crippen molar-refractivity contribution >= 4 is 11.9 Å². The minimum Gasteiger partial charge on any atom is -0.481 e. The molecule has 1 amide bonds. The normalized spacial score (nSPS) is 20.0. The van der Waals surface area contributed by atoms with E-state index in [2.05, 4.69) is 0 Å². The quantitative estimate of drug-likeness (QED) is 0.777. The lowest BCUT2D eigenvalue weighted by atomic mass is 9.91. The van der Waals surface area contributed by atoms with E-state index in [1.54, 1.807) is 5.32 Å². The maximum atomic E-state index is 12.0. The topological polar surface area (TPSA) is 66.4 Å². The number of hydrogen-bond donors (Lipinski definition) is 2. The van der Waals surface area contributed by atoms with Crippen molar-refractivity contribution in [3.05, 3.63) is 0 Å². The van der Waals surface area contributed by atoms with E-state index in [0.29, 0.717) is 12.8 Å². The summed E-state index contributed by atoms with van der Waals surface area (Å²) >= 11 is 0. The van der Waals surface area contributed by atoms with Crippen LogP contribution in [0.3, 0.4) is 0 Å². The highest BCUT2D eigenvalue weighted by Gasteiger charge is 2.49. The van der Waals surface area contributed by atoms with Crippen LogP contribution in [0, 0.1) is 5.92 Å². The summed E-state index contributed by atoms with van der Waals surface area (Å²) in [7, 11) is 0. The minimum atomic E-state index is -4.98. The van der Waals surface area contributed by atoms with Gasteiger partial charge in [-0.05, 0) is 25.7 Å². The Morgan fingerprint density at radius 3 is 2.19 bits per heavy atom. The number of hydrogen-bond acceptors (Lipinski definition) is 2. The zero-order chi connectivity index (χ0) is 12.6. The molecule has 92 valence electrons. The molecule has 1 rings (SSSR count). The van der Waals surface area contributed by atoms with Gasteiger partial charge >= 0.3 is 18.1 Å². The predicted octanol–water partition coefficient (Wildman–Crippen LogP) is 1.31. The maximum absolute atomic E-state index is 12.0. The number of carboxylic acids is 1. The van der Waals surface area contributed by atoms with Gasteiger partial charge in [-0.2, -0.15) is 13.2 Å². The lowest BCUT2D eigenvalue weighted by Crippen LogP contribution is -2.53. The molecule has 0 saturated heterocycles. The van der Waals surface area contributed by atoms with E-state index < -0.39 is 30.0 Å². The Morgan fingerprint density at radius 2 is 1.88 bits per heavy atom. The van der Waals surface area contributed by atoms with Crippen LogP contribution in [0.1, 0.15) is 26.2 Å². The molecule has 1 fully saturated rings. The smallest absolute Gasteiger partial charge is 0.471 e. The maximum Gasteiger partial charge on any atom is 0.471 e. The molecule has 0 radical (unpaired) electrons. The number of halogens is 3. The van der Waals surface area contributed by atoms with Crippen molar-refractivity contribution in [3.63, 3.8) is 0 Å².